The van der Waals surface area contributed by atoms with Crippen molar-refractivity contribution in [3.8, 4) is 0 Å². The number of hydrogen-bond acceptors (Lipinski definition) is 3. The number of carbonyl (C=O) groups excluding carboxylic acids is 1. The predicted molar refractivity (Wildman–Crippen MR) is 59.3 cm³/mol. The number of aliphatic hydroxyl groups excluding tert-OH is 1. The van der Waals surface area contributed by atoms with Crippen LogP contribution >= 0.6 is 0 Å². The molecule has 0 bridgehead atoms. The molecular weight excluding hydrogens is 192 g/mol. The van der Waals surface area contributed by atoms with Crippen LogP contribution in [0.1, 0.15) is 33.1 Å². The van der Waals surface area contributed by atoms with Crippen LogP contribution in [0.5, 0.6) is 0 Å². The lowest BCUT2D eigenvalue weighted by Crippen LogP contribution is -2.53. The van der Waals surface area contributed by atoms with Crippen molar-refractivity contribution in [3.05, 3.63) is 0 Å². The van der Waals surface area contributed by atoms with Gasteiger partial charge in [0.05, 0.1) is 18.7 Å². The van der Waals surface area contributed by atoms with Gasteiger partial charge in [0.25, 0.3) is 0 Å². The average molecular weight is 214 g/mol. The summed E-state index contributed by atoms with van der Waals surface area (Å²) in [4.78, 5) is 13.8. The molecule has 1 fully saturated rings. The molecule has 0 spiro atoms. The molecule has 0 radical (unpaired) electrons. The maximum Gasteiger partial charge on any atom is 0.240 e. The highest BCUT2D eigenvalue weighted by atomic mass is 16.3. The molecule has 1 amide bonds. The van der Waals surface area contributed by atoms with E-state index in [9.17, 15) is 9.90 Å². The van der Waals surface area contributed by atoms with E-state index in [2.05, 4.69) is 0 Å². The summed E-state index contributed by atoms with van der Waals surface area (Å²) >= 11 is 0. The number of carbonyl (C=O) groups is 1. The van der Waals surface area contributed by atoms with Crippen molar-refractivity contribution in [2.45, 2.75) is 45.2 Å². The van der Waals surface area contributed by atoms with Crippen LogP contribution in [0.25, 0.3) is 0 Å². The van der Waals surface area contributed by atoms with Gasteiger partial charge in [-0.3, -0.25) is 4.79 Å². The Balaban J connectivity index is 2.63. The molecule has 1 aliphatic rings. The summed E-state index contributed by atoms with van der Waals surface area (Å²) in [6.07, 6.45) is 3.01. The molecule has 0 aliphatic carbocycles. The summed E-state index contributed by atoms with van der Waals surface area (Å²) in [5.41, 5.74) is 5.83. The predicted octanol–water partition coefficient (Wildman–Crippen LogP) is 0.343. The number of nitrogens with two attached hydrogens (primary N) is 1. The second-order valence-corrected chi connectivity index (χ2v) is 4.63. The molecule has 1 heterocycles. The average Bonchev–Trinajstić information content (AvgIpc) is 2.26. The highest BCUT2D eigenvalue weighted by molar-refractivity contribution is 5.82. The number of piperidine rings is 1. The fraction of sp³-hybridized carbons (Fsp3) is 0.909. The number of nitrogens with zero attached hydrogens (tertiary/aromatic N) is 1. The van der Waals surface area contributed by atoms with Crippen LogP contribution in [-0.2, 0) is 4.79 Å². The van der Waals surface area contributed by atoms with E-state index < -0.39 is 6.04 Å². The summed E-state index contributed by atoms with van der Waals surface area (Å²) < 4.78 is 0. The molecule has 0 aromatic carbocycles. The molecule has 3 N–H and O–H groups in total. The minimum atomic E-state index is -0.433. The molecular formula is C11H22N2O2. The second kappa shape index (κ2) is 5.47. The fourth-order valence-corrected chi connectivity index (χ4v) is 1.96. The molecule has 4 heteroatoms. The number of hydrogen-bond donors (Lipinski definition) is 2. The third kappa shape index (κ3) is 2.92. The number of amides is 1. The molecule has 2 atom stereocenters. The second-order valence-electron chi connectivity index (χ2n) is 4.63. The van der Waals surface area contributed by atoms with Crippen molar-refractivity contribution in [1.29, 1.82) is 0 Å². The first-order valence-corrected chi connectivity index (χ1v) is 5.74. The Kier molecular flexibility index (Phi) is 4.54. The first-order valence-electron chi connectivity index (χ1n) is 5.74. The van der Waals surface area contributed by atoms with Gasteiger partial charge < -0.3 is 15.7 Å². The zero-order valence-electron chi connectivity index (χ0n) is 9.65. The van der Waals surface area contributed by atoms with Crippen molar-refractivity contribution in [1.82, 2.24) is 4.90 Å². The van der Waals surface area contributed by atoms with E-state index in [0.717, 1.165) is 25.8 Å². The normalized spacial score (nSPS) is 24.3. The lowest BCUT2D eigenvalue weighted by atomic mass is 9.98. The Hall–Kier alpha value is -0.610. The third-order valence-corrected chi connectivity index (χ3v) is 3.12. The van der Waals surface area contributed by atoms with E-state index in [0.29, 0.717) is 0 Å². The van der Waals surface area contributed by atoms with Crippen molar-refractivity contribution in [2.75, 3.05) is 13.2 Å². The van der Waals surface area contributed by atoms with Gasteiger partial charge in [-0.05, 0) is 25.2 Å². The van der Waals surface area contributed by atoms with E-state index in [1.165, 1.54) is 0 Å². The topological polar surface area (TPSA) is 66.6 Å². The molecule has 0 saturated carbocycles. The van der Waals surface area contributed by atoms with Gasteiger partial charge in [-0.25, -0.2) is 0 Å². The molecule has 0 aromatic heterocycles. The SMILES string of the molecule is CC(C)[C@@H](N)C(=O)N1CCCCC1CO. The van der Waals surface area contributed by atoms with Gasteiger partial charge in [0, 0.05) is 6.54 Å². The van der Waals surface area contributed by atoms with Gasteiger partial charge >= 0.3 is 0 Å². The summed E-state index contributed by atoms with van der Waals surface area (Å²) in [5.74, 6) is 0.141. The Labute approximate surface area is 91.4 Å². The maximum absolute atomic E-state index is 12.0. The lowest BCUT2D eigenvalue weighted by molar-refractivity contribution is -0.138. The van der Waals surface area contributed by atoms with Crippen LogP contribution in [0.3, 0.4) is 0 Å². The zero-order valence-corrected chi connectivity index (χ0v) is 9.65. The van der Waals surface area contributed by atoms with E-state index in [1.807, 2.05) is 13.8 Å². The first kappa shape index (κ1) is 12.5. The summed E-state index contributed by atoms with van der Waals surface area (Å²) in [7, 11) is 0. The van der Waals surface area contributed by atoms with Gasteiger partial charge in [-0.2, -0.15) is 0 Å². The molecule has 15 heavy (non-hydrogen) atoms. The lowest BCUT2D eigenvalue weighted by Gasteiger charge is -2.36. The Bertz CT molecular complexity index is 219. The van der Waals surface area contributed by atoms with Gasteiger partial charge in [0.2, 0.25) is 5.91 Å². The third-order valence-electron chi connectivity index (χ3n) is 3.12. The molecule has 88 valence electrons. The monoisotopic (exact) mass is 214 g/mol. The minimum absolute atomic E-state index is 0.0104. The number of likely N-dealkylation sites (tertiary alicyclic amines) is 1. The zero-order chi connectivity index (χ0) is 11.4. The molecule has 1 unspecified atom stereocenters. The molecule has 1 rings (SSSR count). The highest BCUT2D eigenvalue weighted by Crippen LogP contribution is 2.18. The van der Waals surface area contributed by atoms with Crippen molar-refractivity contribution >= 4 is 5.91 Å². The molecule has 4 nitrogen and oxygen atoms in total. The van der Waals surface area contributed by atoms with Gasteiger partial charge in [0.1, 0.15) is 0 Å². The summed E-state index contributed by atoms with van der Waals surface area (Å²) in [6, 6.07) is -0.451. The van der Waals surface area contributed by atoms with E-state index in [4.69, 9.17) is 5.73 Å². The Morgan fingerprint density at radius 3 is 2.73 bits per heavy atom. The van der Waals surface area contributed by atoms with Crippen LogP contribution in [-0.4, -0.2) is 41.1 Å². The van der Waals surface area contributed by atoms with E-state index in [1.54, 1.807) is 4.90 Å². The molecule has 0 aromatic rings. The van der Waals surface area contributed by atoms with Gasteiger partial charge in [-0.1, -0.05) is 13.8 Å². The van der Waals surface area contributed by atoms with Crippen LogP contribution < -0.4 is 5.73 Å². The number of rotatable bonds is 3. The van der Waals surface area contributed by atoms with Crippen molar-refractivity contribution < 1.29 is 9.90 Å². The molecule has 1 aliphatic heterocycles. The van der Waals surface area contributed by atoms with Gasteiger partial charge in [-0.15, -0.1) is 0 Å². The summed E-state index contributed by atoms with van der Waals surface area (Å²) in [6.45, 7) is 4.68. The van der Waals surface area contributed by atoms with Crippen LogP contribution in [0, 0.1) is 5.92 Å². The molecule has 1 saturated heterocycles. The Morgan fingerprint density at radius 2 is 2.20 bits per heavy atom. The van der Waals surface area contributed by atoms with Gasteiger partial charge in [0.15, 0.2) is 0 Å². The Morgan fingerprint density at radius 1 is 1.53 bits per heavy atom. The largest absolute Gasteiger partial charge is 0.394 e. The standard InChI is InChI=1S/C11H22N2O2/c1-8(2)10(12)11(15)13-6-4-3-5-9(13)7-14/h8-10,14H,3-7,12H2,1-2H3/t9?,10-/m1/s1. The van der Waals surface area contributed by atoms with Crippen molar-refractivity contribution in [3.63, 3.8) is 0 Å². The highest BCUT2D eigenvalue weighted by Gasteiger charge is 2.30. The van der Waals surface area contributed by atoms with E-state index >= 15 is 0 Å². The summed E-state index contributed by atoms with van der Waals surface area (Å²) in [5, 5.41) is 9.20. The minimum Gasteiger partial charge on any atom is -0.394 e. The number of aliphatic hydroxyl groups is 1. The quantitative estimate of drug-likeness (QED) is 0.712. The smallest absolute Gasteiger partial charge is 0.240 e. The van der Waals surface area contributed by atoms with Crippen molar-refractivity contribution in [2.24, 2.45) is 11.7 Å². The van der Waals surface area contributed by atoms with E-state index in [-0.39, 0.29) is 24.5 Å². The van der Waals surface area contributed by atoms with Crippen LogP contribution in [0.4, 0.5) is 0 Å². The van der Waals surface area contributed by atoms with Crippen LogP contribution in [0.15, 0.2) is 0 Å². The maximum atomic E-state index is 12.0. The van der Waals surface area contributed by atoms with Crippen LogP contribution in [0.2, 0.25) is 0 Å². The fourth-order valence-electron chi connectivity index (χ4n) is 1.96. The first-order chi connectivity index (χ1) is 7.07.